The summed E-state index contributed by atoms with van der Waals surface area (Å²) in [5.74, 6) is 0.0763. The van der Waals surface area contributed by atoms with Gasteiger partial charge in [0.15, 0.2) is 0 Å². The van der Waals surface area contributed by atoms with Crippen molar-refractivity contribution in [1.29, 1.82) is 0 Å². The molecule has 9 nitrogen and oxygen atoms in total. The van der Waals surface area contributed by atoms with Crippen molar-refractivity contribution in [3.63, 3.8) is 0 Å². The molecule has 2 aromatic rings. The van der Waals surface area contributed by atoms with Crippen molar-refractivity contribution in [3.05, 3.63) is 47.9 Å². The third-order valence-electron chi connectivity index (χ3n) is 4.46. The number of nitrogens with two attached hydrogens (primary N) is 2. The highest BCUT2D eigenvalue weighted by Gasteiger charge is 2.29. The summed E-state index contributed by atoms with van der Waals surface area (Å²) in [6.07, 6.45) is 8.55. The van der Waals surface area contributed by atoms with Gasteiger partial charge in [0.2, 0.25) is 11.7 Å². The minimum Gasteiger partial charge on any atom is -0.368 e. The summed E-state index contributed by atoms with van der Waals surface area (Å²) >= 11 is 0. The molecule has 4 heterocycles. The number of allylic oxidation sites excluding steroid dienone is 1. The van der Waals surface area contributed by atoms with Gasteiger partial charge < -0.3 is 21.3 Å². The van der Waals surface area contributed by atoms with E-state index < -0.39 is 5.79 Å². The van der Waals surface area contributed by atoms with Gasteiger partial charge in [-0.15, -0.1) is 0 Å². The number of nitrogens with one attached hydrogen (secondary N) is 2. The Morgan fingerprint density at radius 1 is 1.04 bits per heavy atom. The van der Waals surface area contributed by atoms with E-state index in [4.69, 9.17) is 11.5 Å². The molecule has 0 aliphatic carbocycles. The number of rotatable bonds is 3. The molecule has 1 atom stereocenters. The monoisotopic (exact) mass is 351 g/mol. The zero-order valence-corrected chi connectivity index (χ0v) is 14.3. The van der Waals surface area contributed by atoms with E-state index in [0.717, 1.165) is 48.8 Å². The standard InChI is InChI=1S/C17H21N9/c18-16-22-9-12(10-23-16)14-3-4-24-17(19,25-14)13-1-2-15(21-11-13)26-7-5-20-6-8-26/h1-4,9-11,20,25H,5-8,19H2,(H2,18,22,23). The van der Waals surface area contributed by atoms with E-state index >= 15 is 0 Å². The smallest absolute Gasteiger partial charge is 0.219 e. The van der Waals surface area contributed by atoms with Gasteiger partial charge in [0, 0.05) is 67.8 Å². The summed E-state index contributed by atoms with van der Waals surface area (Å²) in [6.45, 7) is 3.82. The number of aliphatic imine (C=N–C) groups is 1. The number of piperazine rings is 1. The molecule has 2 aliphatic heterocycles. The Labute approximate surface area is 151 Å². The zero-order chi connectivity index (χ0) is 18.0. The SMILES string of the molecule is Nc1ncc(C2=CC=NC(N)(c3ccc(N4CCNCC4)nc3)N2)cn1. The number of pyridine rings is 1. The van der Waals surface area contributed by atoms with Crippen molar-refractivity contribution in [2.45, 2.75) is 5.79 Å². The molecule has 0 saturated carbocycles. The fourth-order valence-electron chi connectivity index (χ4n) is 2.99. The Bertz CT molecular complexity index is 822. The van der Waals surface area contributed by atoms with Gasteiger partial charge in [-0.3, -0.25) is 5.73 Å². The van der Waals surface area contributed by atoms with Crippen LogP contribution in [0.5, 0.6) is 0 Å². The number of nitrogens with zero attached hydrogens (tertiary/aromatic N) is 5. The van der Waals surface area contributed by atoms with Crippen LogP contribution in [0.15, 0.2) is 41.8 Å². The summed E-state index contributed by atoms with van der Waals surface area (Å²) in [7, 11) is 0. The Balaban J connectivity index is 1.54. The van der Waals surface area contributed by atoms with Gasteiger partial charge >= 0.3 is 0 Å². The fraction of sp³-hybridized carbons (Fsp3) is 0.294. The Morgan fingerprint density at radius 2 is 1.81 bits per heavy atom. The van der Waals surface area contributed by atoms with Crippen LogP contribution in [0.25, 0.3) is 5.70 Å². The Morgan fingerprint density at radius 3 is 2.50 bits per heavy atom. The molecule has 0 amide bonds. The maximum Gasteiger partial charge on any atom is 0.219 e. The average Bonchev–Trinajstić information content (AvgIpc) is 2.69. The Hall–Kier alpha value is -3.04. The maximum absolute atomic E-state index is 6.49. The molecule has 1 unspecified atom stereocenters. The first-order chi connectivity index (χ1) is 12.6. The van der Waals surface area contributed by atoms with Crippen LogP contribution in [0.3, 0.4) is 0 Å². The van der Waals surface area contributed by atoms with E-state index in [1.807, 2.05) is 18.2 Å². The topological polar surface area (TPSA) is 130 Å². The summed E-state index contributed by atoms with van der Waals surface area (Å²) < 4.78 is 0. The number of anilines is 2. The van der Waals surface area contributed by atoms with Gasteiger partial charge in [-0.05, 0) is 18.2 Å². The first-order valence-electron chi connectivity index (χ1n) is 8.47. The molecule has 2 aliphatic rings. The van der Waals surface area contributed by atoms with Crippen LogP contribution >= 0.6 is 0 Å². The lowest BCUT2D eigenvalue weighted by Gasteiger charge is -2.32. The van der Waals surface area contributed by atoms with E-state index in [1.54, 1.807) is 24.8 Å². The molecule has 1 fully saturated rings. The largest absolute Gasteiger partial charge is 0.368 e. The first-order valence-corrected chi connectivity index (χ1v) is 8.47. The third kappa shape index (κ3) is 3.22. The molecule has 9 heteroatoms. The first kappa shape index (κ1) is 16.4. The molecule has 0 spiro atoms. The van der Waals surface area contributed by atoms with E-state index in [-0.39, 0.29) is 5.95 Å². The molecule has 4 rings (SSSR count). The molecule has 1 saturated heterocycles. The number of hydrogen-bond donors (Lipinski definition) is 4. The van der Waals surface area contributed by atoms with Gasteiger partial charge in [-0.1, -0.05) is 0 Å². The minimum atomic E-state index is -1.10. The molecular weight excluding hydrogens is 330 g/mol. The number of nitrogen functional groups attached to an aromatic ring is 1. The van der Waals surface area contributed by atoms with Gasteiger partial charge in [-0.2, -0.15) is 0 Å². The molecule has 0 bridgehead atoms. The lowest BCUT2D eigenvalue weighted by molar-refractivity contribution is 0.420. The van der Waals surface area contributed by atoms with Gasteiger partial charge in [0.25, 0.3) is 0 Å². The maximum atomic E-state index is 6.49. The van der Waals surface area contributed by atoms with Crippen molar-refractivity contribution < 1.29 is 0 Å². The normalized spacial score (nSPS) is 22.7. The molecule has 2 aromatic heterocycles. The van der Waals surface area contributed by atoms with Crippen LogP contribution in [-0.4, -0.2) is 47.3 Å². The second-order valence-electron chi connectivity index (χ2n) is 6.22. The van der Waals surface area contributed by atoms with Gasteiger partial charge in [-0.25, -0.2) is 19.9 Å². The molecule has 6 N–H and O–H groups in total. The lowest BCUT2D eigenvalue weighted by atomic mass is 10.1. The van der Waals surface area contributed by atoms with Gasteiger partial charge in [0.1, 0.15) is 5.82 Å². The molecule has 0 radical (unpaired) electrons. The highest BCUT2D eigenvalue weighted by Crippen LogP contribution is 2.25. The van der Waals surface area contributed by atoms with Crippen LogP contribution in [0.4, 0.5) is 11.8 Å². The van der Waals surface area contributed by atoms with Crippen molar-refractivity contribution in [2.24, 2.45) is 10.7 Å². The molecule has 0 aromatic carbocycles. The minimum absolute atomic E-state index is 0.227. The second-order valence-corrected chi connectivity index (χ2v) is 6.22. The van der Waals surface area contributed by atoms with E-state index in [9.17, 15) is 0 Å². The van der Waals surface area contributed by atoms with Crippen molar-refractivity contribution in [2.75, 3.05) is 36.8 Å². The molecular formula is C17H21N9. The summed E-state index contributed by atoms with van der Waals surface area (Å²) in [5.41, 5.74) is 14.4. The Kier molecular flexibility index (Phi) is 4.23. The predicted octanol–water partition coefficient (Wildman–Crippen LogP) is -0.352. The molecule has 134 valence electrons. The highest BCUT2D eigenvalue weighted by atomic mass is 15.3. The zero-order valence-electron chi connectivity index (χ0n) is 14.3. The molecule has 26 heavy (non-hydrogen) atoms. The van der Waals surface area contributed by atoms with Crippen molar-refractivity contribution in [1.82, 2.24) is 25.6 Å². The van der Waals surface area contributed by atoms with Crippen LogP contribution in [0.1, 0.15) is 11.1 Å². The van der Waals surface area contributed by atoms with E-state index in [0.29, 0.717) is 0 Å². The second kappa shape index (κ2) is 6.70. The summed E-state index contributed by atoms with van der Waals surface area (Å²) in [6, 6.07) is 3.94. The summed E-state index contributed by atoms with van der Waals surface area (Å²) in [5, 5.41) is 6.57. The van der Waals surface area contributed by atoms with Gasteiger partial charge in [0.05, 0.1) is 0 Å². The fourth-order valence-corrected chi connectivity index (χ4v) is 2.99. The predicted molar refractivity (Wildman–Crippen MR) is 101 cm³/mol. The van der Waals surface area contributed by atoms with Crippen molar-refractivity contribution >= 4 is 23.7 Å². The third-order valence-corrected chi connectivity index (χ3v) is 4.46. The van der Waals surface area contributed by atoms with Crippen LogP contribution in [-0.2, 0) is 5.79 Å². The quantitative estimate of drug-likeness (QED) is 0.590. The number of aromatic nitrogens is 3. The van der Waals surface area contributed by atoms with Crippen LogP contribution in [0.2, 0.25) is 0 Å². The number of hydrogen-bond acceptors (Lipinski definition) is 9. The van der Waals surface area contributed by atoms with E-state index in [1.165, 1.54) is 0 Å². The summed E-state index contributed by atoms with van der Waals surface area (Å²) in [4.78, 5) is 19.3. The lowest BCUT2D eigenvalue weighted by Crippen LogP contribution is -2.49. The highest BCUT2D eigenvalue weighted by molar-refractivity contribution is 5.86. The van der Waals surface area contributed by atoms with Crippen LogP contribution < -0.4 is 27.0 Å². The van der Waals surface area contributed by atoms with E-state index in [2.05, 4.69) is 35.5 Å². The average molecular weight is 351 g/mol. The van der Waals surface area contributed by atoms with Crippen LogP contribution in [0, 0.1) is 0 Å². The van der Waals surface area contributed by atoms with Crippen molar-refractivity contribution in [3.8, 4) is 0 Å².